The van der Waals surface area contributed by atoms with E-state index in [1.165, 1.54) is 0 Å². The van der Waals surface area contributed by atoms with Gasteiger partial charge in [-0.3, -0.25) is 4.79 Å². The summed E-state index contributed by atoms with van der Waals surface area (Å²) in [5.74, 6) is 1.60. The number of fused-ring (bicyclic) bond motifs is 2. The lowest BCUT2D eigenvalue weighted by atomic mass is 10.1. The minimum Gasteiger partial charge on any atom is -0.466 e. The first-order chi connectivity index (χ1) is 16.6. The monoisotopic (exact) mass is 499 g/mol. The number of hydrogen-bond donors (Lipinski definition) is 0. The van der Waals surface area contributed by atoms with Crippen molar-refractivity contribution in [1.82, 2.24) is 9.80 Å². The summed E-state index contributed by atoms with van der Waals surface area (Å²) >= 11 is 6.24. The number of hydrogen-bond acceptors (Lipinski definition) is 7. The fourth-order valence-electron chi connectivity index (χ4n) is 4.13. The number of piperazine rings is 1. The molecule has 0 saturated carbocycles. The van der Waals surface area contributed by atoms with E-state index in [0.29, 0.717) is 47.7 Å². The van der Waals surface area contributed by atoms with Crippen LogP contribution in [0.2, 0.25) is 5.02 Å². The SMILES string of the molecule is CCOC(=O)C[C@H]1CN(C2=Nc3cc(Cl)ccc3Oc3ccccc32)CCN1C(=O)OC(C)(C)C. The molecular formula is C26H30ClN3O5. The number of nitrogens with zero attached hydrogens (tertiary/aromatic N) is 3. The van der Waals surface area contributed by atoms with Gasteiger partial charge in [-0.25, -0.2) is 9.79 Å². The fourth-order valence-corrected chi connectivity index (χ4v) is 4.30. The van der Waals surface area contributed by atoms with E-state index >= 15 is 0 Å². The minimum atomic E-state index is -0.646. The minimum absolute atomic E-state index is 0.0530. The number of esters is 1. The van der Waals surface area contributed by atoms with E-state index in [1.807, 2.05) is 45.0 Å². The largest absolute Gasteiger partial charge is 0.466 e. The zero-order chi connectivity index (χ0) is 25.2. The van der Waals surface area contributed by atoms with Crippen molar-refractivity contribution in [3.05, 3.63) is 53.1 Å². The van der Waals surface area contributed by atoms with Gasteiger partial charge in [-0.15, -0.1) is 0 Å². The fraction of sp³-hybridized carbons (Fsp3) is 0.423. The summed E-state index contributed by atoms with van der Waals surface area (Å²) in [5.41, 5.74) is 0.786. The average Bonchev–Trinajstić information content (AvgIpc) is 2.94. The Morgan fingerprint density at radius 3 is 2.66 bits per heavy atom. The van der Waals surface area contributed by atoms with Crippen LogP contribution in [0.15, 0.2) is 47.5 Å². The third-order valence-corrected chi connectivity index (χ3v) is 5.85. The van der Waals surface area contributed by atoms with Crippen molar-refractivity contribution in [3.63, 3.8) is 0 Å². The second-order valence-corrected chi connectivity index (χ2v) is 9.86. The topological polar surface area (TPSA) is 80.7 Å². The standard InChI is InChI=1S/C26H30ClN3O5/c1-5-33-23(31)15-18-16-29(12-13-30(18)25(32)35-26(2,3)4)24-19-8-6-7-9-21(19)34-22-11-10-17(27)14-20(22)28-24/h6-11,14,18H,5,12-13,15-16H2,1-4H3/t18-/m0/s1. The molecule has 0 N–H and O–H groups in total. The summed E-state index contributed by atoms with van der Waals surface area (Å²) in [6.07, 6.45) is -0.396. The van der Waals surface area contributed by atoms with Crippen molar-refractivity contribution in [2.45, 2.75) is 45.8 Å². The molecule has 1 atom stereocenters. The maximum atomic E-state index is 13.0. The van der Waals surface area contributed by atoms with Gasteiger partial charge >= 0.3 is 12.1 Å². The predicted octanol–water partition coefficient (Wildman–Crippen LogP) is 5.40. The van der Waals surface area contributed by atoms with E-state index in [1.54, 1.807) is 30.0 Å². The molecule has 0 spiro atoms. The summed E-state index contributed by atoms with van der Waals surface area (Å²) in [6.45, 7) is 8.74. The Balaban J connectivity index is 1.68. The molecule has 0 aliphatic carbocycles. The van der Waals surface area contributed by atoms with Crippen LogP contribution in [0.1, 0.15) is 39.7 Å². The normalized spacial score (nSPS) is 17.4. The molecule has 186 valence electrons. The van der Waals surface area contributed by atoms with E-state index < -0.39 is 17.7 Å². The van der Waals surface area contributed by atoms with E-state index in [0.717, 1.165) is 5.56 Å². The van der Waals surface area contributed by atoms with Gasteiger partial charge < -0.3 is 24.0 Å². The van der Waals surface area contributed by atoms with Crippen LogP contribution in [0.3, 0.4) is 0 Å². The zero-order valence-electron chi connectivity index (χ0n) is 20.4. The molecule has 1 fully saturated rings. The molecule has 0 unspecified atom stereocenters. The van der Waals surface area contributed by atoms with Crippen molar-refractivity contribution in [2.75, 3.05) is 26.2 Å². The number of carbonyl (C=O) groups is 2. The van der Waals surface area contributed by atoms with Crippen molar-refractivity contribution >= 4 is 35.2 Å². The summed E-state index contributed by atoms with van der Waals surface area (Å²) in [5, 5.41) is 0.552. The molecular weight excluding hydrogens is 470 g/mol. The summed E-state index contributed by atoms with van der Waals surface area (Å²) in [4.78, 5) is 34.0. The van der Waals surface area contributed by atoms with Gasteiger partial charge in [0.05, 0.1) is 24.6 Å². The Hall–Kier alpha value is -3.26. The molecule has 2 heterocycles. The molecule has 1 amide bonds. The number of benzene rings is 2. The van der Waals surface area contributed by atoms with Crippen LogP contribution < -0.4 is 4.74 Å². The van der Waals surface area contributed by atoms with E-state index in [9.17, 15) is 9.59 Å². The van der Waals surface area contributed by atoms with Crippen LogP contribution in [-0.2, 0) is 14.3 Å². The first-order valence-corrected chi connectivity index (χ1v) is 12.1. The molecule has 4 rings (SSSR count). The van der Waals surface area contributed by atoms with E-state index in [4.69, 9.17) is 30.8 Å². The molecule has 2 aliphatic rings. The van der Waals surface area contributed by atoms with Crippen molar-refractivity contribution < 1.29 is 23.8 Å². The number of halogens is 1. The molecule has 9 heteroatoms. The van der Waals surface area contributed by atoms with Crippen LogP contribution in [0, 0.1) is 0 Å². The van der Waals surface area contributed by atoms with Crippen LogP contribution in [0.5, 0.6) is 11.5 Å². The van der Waals surface area contributed by atoms with Crippen molar-refractivity contribution in [3.8, 4) is 11.5 Å². The summed E-state index contributed by atoms with van der Waals surface area (Å²) < 4.78 is 17.0. The molecule has 0 radical (unpaired) electrons. The molecule has 0 aromatic heterocycles. The maximum absolute atomic E-state index is 13.0. The number of para-hydroxylation sites is 1. The van der Waals surface area contributed by atoms with E-state index in [-0.39, 0.29) is 19.0 Å². The molecule has 1 saturated heterocycles. The number of rotatable bonds is 3. The lowest BCUT2D eigenvalue weighted by Crippen LogP contribution is -2.58. The van der Waals surface area contributed by atoms with Crippen LogP contribution in [0.25, 0.3) is 0 Å². The summed E-state index contributed by atoms with van der Waals surface area (Å²) in [7, 11) is 0. The highest BCUT2D eigenvalue weighted by molar-refractivity contribution is 6.31. The van der Waals surface area contributed by atoms with Crippen molar-refractivity contribution in [1.29, 1.82) is 0 Å². The van der Waals surface area contributed by atoms with Crippen molar-refractivity contribution in [2.24, 2.45) is 4.99 Å². The number of ether oxygens (including phenoxy) is 3. The van der Waals surface area contributed by atoms with Gasteiger partial charge in [0.25, 0.3) is 0 Å². The van der Waals surface area contributed by atoms with Gasteiger partial charge in [-0.05, 0) is 58.0 Å². The summed E-state index contributed by atoms with van der Waals surface area (Å²) in [6, 6.07) is 12.5. The number of amidine groups is 1. The Bertz CT molecular complexity index is 1140. The second kappa shape index (κ2) is 10.2. The van der Waals surface area contributed by atoms with Gasteiger partial charge in [0.1, 0.15) is 22.9 Å². The van der Waals surface area contributed by atoms with Gasteiger partial charge in [-0.2, -0.15) is 0 Å². The van der Waals surface area contributed by atoms with Gasteiger partial charge in [0.2, 0.25) is 0 Å². The van der Waals surface area contributed by atoms with E-state index in [2.05, 4.69) is 4.90 Å². The molecule has 2 aromatic carbocycles. The average molecular weight is 500 g/mol. The quantitative estimate of drug-likeness (QED) is 0.526. The molecule has 2 aliphatic heterocycles. The molecule has 8 nitrogen and oxygen atoms in total. The van der Waals surface area contributed by atoms with Gasteiger partial charge in [-0.1, -0.05) is 23.7 Å². The Morgan fingerprint density at radius 2 is 1.91 bits per heavy atom. The molecule has 0 bridgehead atoms. The maximum Gasteiger partial charge on any atom is 0.410 e. The highest BCUT2D eigenvalue weighted by Gasteiger charge is 2.37. The third kappa shape index (κ3) is 5.88. The first kappa shape index (κ1) is 24.9. The first-order valence-electron chi connectivity index (χ1n) is 11.7. The molecule has 2 aromatic rings. The second-order valence-electron chi connectivity index (χ2n) is 9.43. The van der Waals surface area contributed by atoms with Crippen LogP contribution >= 0.6 is 11.6 Å². The number of amides is 1. The smallest absolute Gasteiger partial charge is 0.410 e. The lowest BCUT2D eigenvalue weighted by Gasteiger charge is -2.42. The number of carbonyl (C=O) groups excluding carboxylic acids is 2. The molecule has 35 heavy (non-hydrogen) atoms. The van der Waals surface area contributed by atoms with Crippen LogP contribution in [0.4, 0.5) is 10.5 Å². The Kier molecular flexibility index (Phi) is 7.21. The lowest BCUT2D eigenvalue weighted by molar-refractivity contribution is -0.144. The Labute approximate surface area is 210 Å². The number of aliphatic imine (C=N–C) groups is 1. The predicted molar refractivity (Wildman–Crippen MR) is 134 cm³/mol. The highest BCUT2D eigenvalue weighted by atomic mass is 35.5. The highest BCUT2D eigenvalue weighted by Crippen LogP contribution is 2.39. The third-order valence-electron chi connectivity index (χ3n) is 5.61. The van der Waals surface area contributed by atoms with Crippen LogP contribution in [-0.4, -0.2) is 65.6 Å². The Morgan fingerprint density at radius 1 is 1.14 bits per heavy atom. The van der Waals surface area contributed by atoms with Gasteiger partial charge in [0.15, 0.2) is 5.75 Å². The zero-order valence-corrected chi connectivity index (χ0v) is 21.2. The van der Waals surface area contributed by atoms with Gasteiger partial charge in [0, 0.05) is 24.7 Å².